The van der Waals surface area contributed by atoms with Gasteiger partial charge in [0, 0.05) is 14.0 Å². The molecule has 5 heteroatoms. The molecule has 4 nitrogen and oxygen atoms in total. The highest BCUT2D eigenvalue weighted by molar-refractivity contribution is 7.82. The van der Waals surface area contributed by atoms with Crippen molar-refractivity contribution < 1.29 is 4.79 Å². The van der Waals surface area contributed by atoms with E-state index in [0.29, 0.717) is 10.8 Å². The molecule has 0 aromatic rings. The molecule has 0 aromatic heterocycles. The first-order chi connectivity index (χ1) is 5.52. The van der Waals surface area contributed by atoms with Crippen molar-refractivity contribution in [3.05, 3.63) is 0 Å². The van der Waals surface area contributed by atoms with Crippen LogP contribution < -0.4 is 5.32 Å². The molecule has 1 rings (SSSR count). The van der Waals surface area contributed by atoms with Crippen molar-refractivity contribution in [2.45, 2.75) is 20.0 Å². The van der Waals surface area contributed by atoms with Crippen molar-refractivity contribution in [1.29, 1.82) is 0 Å². The smallest absolute Gasteiger partial charge is 0.222 e. The number of carbonyl (C=O) groups excluding carboxylic acids is 1. The minimum absolute atomic E-state index is 0.0272. The van der Waals surface area contributed by atoms with Gasteiger partial charge in [-0.15, -0.1) is 0 Å². The molecule has 66 valence electrons. The Bertz CT molecular complexity index is 261. The Morgan fingerprint density at radius 3 is 2.67 bits per heavy atom. The molecule has 0 bridgehead atoms. The molecular formula is C7H11N3OS. The third-order valence-corrected chi connectivity index (χ3v) is 2.18. The summed E-state index contributed by atoms with van der Waals surface area (Å²) >= 11 is 5.04. The number of thiocarbonyl (C=S) groups is 1. The maximum Gasteiger partial charge on any atom is 0.222 e. The lowest BCUT2D eigenvalue weighted by Gasteiger charge is -2.14. The van der Waals surface area contributed by atoms with E-state index in [4.69, 9.17) is 12.2 Å². The molecule has 1 amide bonds. The number of aliphatic imine (C=N–C) groups is 1. The van der Waals surface area contributed by atoms with Crippen LogP contribution in [0.3, 0.4) is 0 Å². The van der Waals surface area contributed by atoms with E-state index in [1.54, 1.807) is 0 Å². The van der Waals surface area contributed by atoms with Crippen LogP contribution in [0.2, 0.25) is 0 Å². The van der Waals surface area contributed by atoms with E-state index in [9.17, 15) is 4.79 Å². The highest BCUT2D eigenvalue weighted by Crippen LogP contribution is 2.08. The maximum absolute atomic E-state index is 10.7. The number of carbonyl (C=O) groups is 1. The summed E-state index contributed by atoms with van der Waals surface area (Å²) in [7, 11) is 1.85. The van der Waals surface area contributed by atoms with Gasteiger partial charge >= 0.3 is 0 Å². The SMILES string of the molecule is CC(=O)NC1=NC(C)N(C)C1=S. The molecule has 1 atom stereocenters. The lowest BCUT2D eigenvalue weighted by molar-refractivity contribution is -0.117. The highest BCUT2D eigenvalue weighted by atomic mass is 32.1. The van der Waals surface area contributed by atoms with Crippen LogP contribution in [0.5, 0.6) is 0 Å². The fourth-order valence-electron chi connectivity index (χ4n) is 0.918. The van der Waals surface area contributed by atoms with Crippen LogP contribution in [0.1, 0.15) is 13.8 Å². The van der Waals surface area contributed by atoms with Gasteiger partial charge in [0.05, 0.1) is 0 Å². The highest BCUT2D eigenvalue weighted by Gasteiger charge is 2.24. The molecule has 0 aliphatic carbocycles. The van der Waals surface area contributed by atoms with Crippen LogP contribution in [0.15, 0.2) is 4.99 Å². The Morgan fingerprint density at radius 2 is 2.33 bits per heavy atom. The summed E-state index contributed by atoms with van der Waals surface area (Å²) in [5.41, 5.74) is 0. The van der Waals surface area contributed by atoms with Crippen molar-refractivity contribution in [3.8, 4) is 0 Å². The van der Waals surface area contributed by atoms with E-state index >= 15 is 0 Å². The zero-order valence-corrected chi connectivity index (χ0v) is 8.10. The summed E-state index contributed by atoms with van der Waals surface area (Å²) in [5, 5.41) is 2.58. The van der Waals surface area contributed by atoms with Gasteiger partial charge in [-0.1, -0.05) is 12.2 Å². The van der Waals surface area contributed by atoms with Crippen molar-refractivity contribution in [1.82, 2.24) is 10.2 Å². The van der Waals surface area contributed by atoms with Crippen LogP contribution in [0, 0.1) is 0 Å². The summed E-state index contributed by atoms with van der Waals surface area (Å²) in [6.07, 6.45) is 0.0272. The molecule has 1 unspecified atom stereocenters. The number of nitrogens with one attached hydrogen (secondary N) is 1. The van der Waals surface area contributed by atoms with E-state index in [2.05, 4.69) is 10.3 Å². The Kier molecular flexibility index (Phi) is 2.42. The average molecular weight is 185 g/mol. The van der Waals surface area contributed by atoms with Crippen LogP contribution in [-0.4, -0.2) is 34.8 Å². The lowest BCUT2D eigenvalue weighted by Crippen LogP contribution is -2.37. The zero-order valence-electron chi connectivity index (χ0n) is 7.29. The fourth-order valence-corrected chi connectivity index (χ4v) is 1.17. The molecule has 0 fully saturated rings. The van der Waals surface area contributed by atoms with E-state index in [1.165, 1.54) is 6.92 Å². The van der Waals surface area contributed by atoms with Gasteiger partial charge in [-0.3, -0.25) is 4.79 Å². The quantitative estimate of drug-likeness (QED) is 0.546. The average Bonchev–Trinajstić information content (AvgIpc) is 2.17. The Hall–Kier alpha value is -0.970. The molecule has 0 spiro atoms. The number of hydrogen-bond acceptors (Lipinski definition) is 3. The Morgan fingerprint density at radius 1 is 1.75 bits per heavy atom. The molecule has 12 heavy (non-hydrogen) atoms. The van der Waals surface area contributed by atoms with Crippen molar-refractivity contribution >= 4 is 28.9 Å². The van der Waals surface area contributed by atoms with E-state index in [0.717, 1.165) is 0 Å². The monoisotopic (exact) mass is 185 g/mol. The largest absolute Gasteiger partial charge is 0.341 e. The van der Waals surface area contributed by atoms with Crippen molar-refractivity contribution in [3.63, 3.8) is 0 Å². The number of amides is 1. The third-order valence-electron chi connectivity index (χ3n) is 1.69. The lowest BCUT2D eigenvalue weighted by atomic mass is 10.5. The van der Waals surface area contributed by atoms with E-state index in [1.807, 2.05) is 18.9 Å². The van der Waals surface area contributed by atoms with Crippen LogP contribution in [-0.2, 0) is 4.79 Å². The maximum atomic E-state index is 10.7. The van der Waals surface area contributed by atoms with E-state index < -0.39 is 0 Å². The second kappa shape index (κ2) is 3.18. The summed E-state index contributed by atoms with van der Waals surface area (Å²) < 4.78 is 0. The zero-order chi connectivity index (χ0) is 9.30. The van der Waals surface area contributed by atoms with Gasteiger partial charge in [-0.25, -0.2) is 4.99 Å². The molecule has 1 aliphatic rings. The number of hydrogen-bond donors (Lipinski definition) is 1. The molecule has 1 N–H and O–H groups in total. The number of likely N-dealkylation sites (N-methyl/N-ethyl adjacent to an activating group) is 1. The molecule has 1 aliphatic heterocycles. The van der Waals surface area contributed by atoms with Gasteiger partial charge in [0.2, 0.25) is 5.91 Å². The molecule has 0 radical (unpaired) electrons. The van der Waals surface area contributed by atoms with Gasteiger partial charge in [-0.05, 0) is 6.92 Å². The normalized spacial score (nSPS) is 22.6. The van der Waals surface area contributed by atoms with Crippen LogP contribution in [0.25, 0.3) is 0 Å². The molecular weight excluding hydrogens is 174 g/mol. The standard InChI is InChI=1S/C7H11N3OS/c1-4-8-6(9-5(2)11)7(12)10(4)3/h4H,1-3H3,(H,8,9,11). The van der Waals surface area contributed by atoms with Gasteiger partial charge in [0.25, 0.3) is 0 Å². The molecule has 1 heterocycles. The van der Waals surface area contributed by atoms with Gasteiger partial charge in [-0.2, -0.15) is 0 Å². The Balaban J connectivity index is 2.73. The Labute approximate surface area is 76.6 Å². The van der Waals surface area contributed by atoms with E-state index in [-0.39, 0.29) is 12.1 Å². The number of nitrogens with zero attached hydrogens (tertiary/aromatic N) is 2. The van der Waals surface area contributed by atoms with Crippen molar-refractivity contribution in [2.24, 2.45) is 4.99 Å². The molecule has 0 saturated carbocycles. The minimum Gasteiger partial charge on any atom is -0.341 e. The second-order valence-electron chi connectivity index (χ2n) is 2.71. The fraction of sp³-hybridized carbons (Fsp3) is 0.571. The van der Waals surface area contributed by atoms with Gasteiger partial charge in [0.15, 0.2) is 5.84 Å². The summed E-state index contributed by atoms with van der Waals surface area (Å²) in [6.45, 7) is 3.36. The molecule has 0 aromatic carbocycles. The first kappa shape index (κ1) is 9.12. The molecule has 0 saturated heterocycles. The van der Waals surface area contributed by atoms with Crippen molar-refractivity contribution in [2.75, 3.05) is 7.05 Å². The van der Waals surface area contributed by atoms with Crippen LogP contribution in [0.4, 0.5) is 0 Å². The van der Waals surface area contributed by atoms with Gasteiger partial charge < -0.3 is 10.2 Å². The number of rotatable bonds is 0. The first-order valence-electron chi connectivity index (χ1n) is 3.65. The third kappa shape index (κ3) is 1.61. The van der Waals surface area contributed by atoms with Crippen LogP contribution >= 0.6 is 12.2 Å². The number of amidine groups is 1. The predicted molar refractivity (Wildman–Crippen MR) is 51.1 cm³/mol. The topological polar surface area (TPSA) is 44.7 Å². The summed E-state index contributed by atoms with van der Waals surface area (Å²) in [5.74, 6) is 0.367. The predicted octanol–water partition coefficient (Wildman–Crippen LogP) is 0.140. The summed E-state index contributed by atoms with van der Waals surface area (Å²) in [6, 6.07) is 0. The minimum atomic E-state index is -0.140. The second-order valence-corrected chi connectivity index (χ2v) is 3.09. The first-order valence-corrected chi connectivity index (χ1v) is 4.05. The summed E-state index contributed by atoms with van der Waals surface area (Å²) in [4.78, 5) is 17.3. The van der Waals surface area contributed by atoms with Gasteiger partial charge in [0.1, 0.15) is 11.2 Å².